The number of aromatic nitrogens is 1. The molecule has 1 aromatic carbocycles. The third-order valence-electron chi connectivity index (χ3n) is 3.44. The lowest BCUT2D eigenvalue weighted by Gasteiger charge is -2.11. The van der Waals surface area contributed by atoms with Gasteiger partial charge in [-0.1, -0.05) is 12.1 Å². The van der Waals surface area contributed by atoms with Gasteiger partial charge in [0.25, 0.3) is 0 Å². The number of nitrogens with zero attached hydrogens (tertiary/aromatic N) is 1. The zero-order chi connectivity index (χ0) is 14.5. The number of rotatable bonds is 5. The van der Waals surface area contributed by atoms with Crippen molar-refractivity contribution in [2.24, 2.45) is 0 Å². The molecule has 4 heteroatoms. The minimum absolute atomic E-state index is 0.0516. The molecule has 0 unspecified atom stereocenters. The van der Waals surface area contributed by atoms with E-state index in [2.05, 4.69) is 5.32 Å². The molecule has 0 aliphatic heterocycles. The second-order valence-corrected chi connectivity index (χ2v) is 4.79. The van der Waals surface area contributed by atoms with Gasteiger partial charge >= 0.3 is 0 Å². The maximum Gasteiger partial charge on any atom is 0.226 e. The number of aryl methyl sites for hydroxylation is 2. The summed E-state index contributed by atoms with van der Waals surface area (Å²) in [6.45, 7) is 4.50. The maximum absolute atomic E-state index is 12.0. The smallest absolute Gasteiger partial charge is 0.226 e. The Morgan fingerprint density at radius 2 is 2.05 bits per heavy atom. The van der Waals surface area contributed by atoms with Crippen LogP contribution in [0.2, 0.25) is 0 Å². The van der Waals surface area contributed by atoms with Gasteiger partial charge in [0.05, 0.1) is 5.69 Å². The lowest BCUT2D eigenvalue weighted by atomic mass is 10.1. The fourth-order valence-electron chi connectivity index (χ4n) is 2.06. The van der Waals surface area contributed by atoms with E-state index in [4.69, 9.17) is 0 Å². The molecule has 1 amide bonds. The molecule has 0 radical (unpaired) electrons. The van der Waals surface area contributed by atoms with Crippen molar-refractivity contribution in [1.82, 2.24) is 4.57 Å². The first-order valence-corrected chi connectivity index (χ1v) is 6.58. The Bertz CT molecular complexity index is 629. The Morgan fingerprint density at radius 3 is 2.80 bits per heavy atom. The second-order valence-electron chi connectivity index (χ2n) is 4.79. The summed E-state index contributed by atoms with van der Waals surface area (Å²) in [7, 11) is 0. The second kappa shape index (κ2) is 6.19. The summed E-state index contributed by atoms with van der Waals surface area (Å²) >= 11 is 0. The van der Waals surface area contributed by atoms with Gasteiger partial charge in [0.15, 0.2) is 6.29 Å². The van der Waals surface area contributed by atoms with Gasteiger partial charge in [0.2, 0.25) is 5.91 Å². The van der Waals surface area contributed by atoms with Crippen LogP contribution < -0.4 is 5.32 Å². The molecule has 2 aromatic rings. The van der Waals surface area contributed by atoms with E-state index in [1.165, 1.54) is 0 Å². The van der Waals surface area contributed by atoms with E-state index in [9.17, 15) is 9.59 Å². The van der Waals surface area contributed by atoms with Crippen LogP contribution in [-0.2, 0) is 11.3 Å². The molecule has 1 aromatic heterocycles. The summed E-state index contributed by atoms with van der Waals surface area (Å²) in [4.78, 5) is 22.7. The minimum Gasteiger partial charge on any atom is -0.345 e. The Morgan fingerprint density at radius 1 is 1.25 bits per heavy atom. The number of nitrogens with one attached hydrogen (secondary N) is 1. The van der Waals surface area contributed by atoms with Gasteiger partial charge in [-0.15, -0.1) is 0 Å². The highest BCUT2D eigenvalue weighted by atomic mass is 16.1. The van der Waals surface area contributed by atoms with E-state index in [0.717, 1.165) is 23.1 Å². The van der Waals surface area contributed by atoms with E-state index in [1.54, 1.807) is 22.9 Å². The first-order valence-electron chi connectivity index (χ1n) is 6.58. The minimum atomic E-state index is -0.0516. The summed E-state index contributed by atoms with van der Waals surface area (Å²) in [6, 6.07) is 9.37. The summed E-state index contributed by atoms with van der Waals surface area (Å²) in [5.41, 5.74) is 3.66. The van der Waals surface area contributed by atoms with Crippen LogP contribution in [0.5, 0.6) is 0 Å². The molecule has 0 fully saturated rings. The van der Waals surface area contributed by atoms with Crippen molar-refractivity contribution in [2.75, 3.05) is 5.32 Å². The van der Waals surface area contributed by atoms with E-state index >= 15 is 0 Å². The Balaban J connectivity index is 1.96. The van der Waals surface area contributed by atoms with Crippen LogP contribution in [0.1, 0.15) is 28.0 Å². The zero-order valence-electron chi connectivity index (χ0n) is 11.7. The molecule has 20 heavy (non-hydrogen) atoms. The Labute approximate surface area is 118 Å². The molecule has 4 nitrogen and oxygen atoms in total. The molecule has 0 saturated heterocycles. The third kappa shape index (κ3) is 3.15. The van der Waals surface area contributed by atoms with Crippen LogP contribution in [0, 0.1) is 13.8 Å². The number of hydrogen-bond donors (Lipinski definition) is 1. The van der Waals surface area contributed by atoms with Crippen molar-refractivity contribution >= 4 is 17.9 Å². The average Bonchev–Trinajstić information content (AvgIpc) is 2.89. The first kappa shape index (κ1) is 14.1. The average molecular weight is 270 g/mol. The normalized spacial score (nSPS) is 10.3. The Hall–Kier alpha value is -2.36. The number of aldehydes is 1. The van der Waals surface area contributed by atoms with Gasteiger partial charge in [-0.3, -0.25) is 9.59 Å². The van der Waals surface area contributed by atoms with Gasteiger partial charge in [-0.2, -0.15) is 0 Å². The zero-order valence-corrected chi connectivity index (χ0v) is 11.7. The van der Waals surface area contributed by atoms with Crippen molar-refractivity contribution in [3.8, 4) is 0 Å². The predicted octanol–water partition coefficient (Wildman–Crippen LogP) is 2.95. The topological polar surface area (TPSA) is 51.1 Å². The molecule has 2 rings (SSSR count). The SMILES string of the molecule is Cc1cccc(NC(=O)CCn2cccc2C=O)c1C. The molecule has 104 valence electrons. The fourth-order valence-corrected chi connectivity index (χ4v) is 2.06. The van der Waals surface area contributed by atoms with Gasteiger partial charge in [-0.25, -0.2) is 0 Å². The number of benzene rings is 1. The van der Waals surface area contributed by atoms with Crippen molar-refractivity contribution < 1.29 is 9.59 Å². The first-order chi connectivity index (χ1) is 9.61. The molecule has 1 N–H and O–H groups in total. The lowest BCUT2D eigenvalue weighted by Crippen LogP contribution is -2.15. The van der Waals surface area contributed by atoms with Crippen LogP contribution in [-0.4, -0.2) is 16.8 Å². The monoisotopic (exact) mass is 270 g/mol. The highest BCUT2D eigenvalue weighted by molar-refractivity contribution is 5.91. The molecule has 0 atom stereocenters. The standard InChI is InChI=1S/C16H18N2O2/c1-12-5-3-7-15(13(12)2)17-16(20)8-10-18-9-4-6-14(18)11-19/h3-7,9,11H,8,10H2,1-2H3,(H,17,20). The largest absolute Gasteiger partial charge is 0.345 e. The van der Waals surface area contributed by atoms with Crippen LogP contribution in [0.15, 0.2) is 36.5 Å². The molecule has 0 aliphatic rings. The summed E-state index contributed by atoms with van der Waals surface area (Å²) in [5.74, 6) is -0.0516. The van der Waals surface area contributed by atoms with E-state index in [0.29, 0.717) is 18.7 Å². The van der Waals surface area contributed by atoms with Crippen molar-refractivity contribution in [3.05, 3.63) is 53.3 Å². The van der Waals surface area contributed by atoms with E-state index < -0.39 is 0 Å². The molecule has 0 spiro atoms. The van der Waals surface area contributed by atoms with E-state index in [1.807, 2.05) is 32.0 Å². The third-order valence-corrected chi connectivity index (χ3v) is 3.44. The van der Waals surface area contributed by atoms with E-state index in [-0.39, 0.29) is 5.91 Å². The van der Waals surface area contributed by atoms with Crippen molar-refractivity contribution in [1.29, 1.82) is 0 Å². The summed E-state index contributed by atoms with van der Waals surface area (Å²) in [5, 5.41) is 2.91. The predicted molar refractivity (Wildman–Crippen MR) is 79.0 cm³/mol. The quantitative estimate of drug-likeness (QED) is 0.849. The lowest BCUT2D eigenvalue weighted by molar-refractivity contribution is -0.116. The van der Waals surface area contributed by atoms with Crippen LogP contribution in [0.4, 0.5) is 5.69 Å². The van der Waals surface area contributed by atoms with Crippen LogP contribution in [0.25, 0.3) is 0 Å². The Kier molecular flexibility index (Phi) is 4.35. The number of amides is 1. The number of carbonyl (C=O) groups excluding carboxylic acids is 2. The molecule has 1 heterocycles. The molecular formula is C16H18N2O2. The van der Waals surface area contributed by atoms with Crippen molar-refractivity contribution in [2.45, 2.75) is 26.8 Å². The number of anilines is 1. The molecule has 0 saturated carbocycles. The summed E-state index contributed by atoms with van der Waals surface area (Å²) in [6.07, 6.45) is 2.93. The number of carbonyl (C=O) groups is 2. The van der Waals surface area contributed by atoms with Gasteiger partial charge < -0.3 is 9.88 Å². The van der Waals surface area contributed by atoms with Gasteiger partial charge in [-0.05, 0) is 43.2 Å². The molecular weight excluding hydrogens is 252 g/mol. The van der Waals surface area contributed by atoms with Gasteiger partial charge in [0, 0.05) is 24.8 Å². The van der Waals surface area contributed by atoms with Crippen LogP contribution >= 0.6 is 0 Å². The van der Waals surface area contributed by atoms with Crippen molar-refractivity contribution in [3.63, 3.8) is 0 Å². The highest BCUT2D eigenvalue weighted by Crippen LogP contribution is 2.18. The molecule has 0 aliphatic carbocycles. The highest BCUT2D eigenvalue weighted by Gasteiger charge is 2.07. The van der Waals surface area contributed by atoms with Gasteiger partial charge in [0.1, 0.15) is 0 Å². The molecule has 0 bridgehead atoms. The summed E-state index contributed by atoms with van der Waals surface area (Å²) < 4.78 is 1.77. The number of hydrogen-bond acceptors (Lipinski definition) is 2. The fraction of sp³-hybridized carbons (Fsp3) is 0.250. The maximum atomic E-state index is 12.0. The van der Waals surface area contributed by atoms with Crippen LogP contribution in [0.3, 0.4) is 0 Å².